The number of benzene rings is 1. The molecule has 0 saturated heterocycles. The largest absolute Gasteiger partial charge is 0.339 e. The summed E-state index contributed by atoms with van der Waals surface area (Å²) in [7, 11) is 0. The second kappa shape index (κ2) is 8.10. The maximum atomic E-state index is 12.5. The molecular weight excluding hydrogens is 422 g/mol. The van der Waals surface area contributed by atoms with Crippen molar-refractivity contribution in [3.05, 3.63) is 88.7 Å². The average Bonchev–Trinajstić information content (AvgIpc) is 3.19. The summed E-state index contributed by atoms with van der Waals surface area (Å²) < 4.78 is 6.11. The highest BCUT2D eigenvalue weighted by Crippen LogP contribution is 2.21. The number of aromatic nitrogens is 4. The van der Waals surface area contributed by atoms with E-state index in [0.717, 1.165) is 15.6 Å². The lowest BCUT2D eigenvalue weighted by molar-refractivity contribution is 0.102. The fourth-order valence-corrected chi connectivity index (χ4v) is 3.00. The van der Waals surface area contributed by atoms with Crippen LogP contribution in [0.3, 0.4) is 0 Å². The molecule has 7 nitrogen and oxygen atoms in total. The number of halogens is 1. The number of carbonyl (C=O) groups excluding carboxylic acids is 1. The van der Waals surface area contributed by atoms with Gasteiger partial charge in [0.05, 0.1) is 12.0 Å². The molecule has 0 saturated carbocycles. The Kier molecular flexibility index (Phi) is 5.20. The van der Waals surface area contributed by atoms with Gasteiger partial charge in [-0.3, -0.25) is 14.8 Å². The molecule has 0 radical (unpaired) electrons. The van der Waals surface area contributed by atoms with Crippen molar-refractivity contribution in [3.63, 3.8) is 0 Å². The molecule has 0 aliphatic heterocycles. The molecule has 28 heavy (non-hydrogen) atoms. The molecule has 3 aromatic heterocycles. The first kappa shape index (κ1) is 18.0. The van der Waals surface area contributed by atoms with Gasteiger partial charge in [-0.05, 0) is 45.8 Å². The second-order valence-corrected chi connectivity index (χ2v) is 6.84. The zero-order valence-corrected chi connectivity index (χ0v) is 16.1. The number of para-hydroxylation sites is 1. The van der Waals surface area contributed by atoms with Crippen molar-refractivity contribution in [1.29, 1.82) is 0 Å². The second-order valence-electron chi connectivity index (χ2n) is 5.93. The molecule has 8 heteroatoms. The maximum Gasteiger partial charge on any atom is 0.257 e. The molecule has 3 heterocycles. The normalized spacial score (nSPS) is 10.6. The fraction of sp³-hybridized carbons (Fsp3) is 0.0500. The van der Waals surface area contributed by atoms with Crippen LogP contribution in [0.2, 0.25) is 0 Å². The zero-order valence-electron chi connectivity index (χ0n) is 14.5. The Morgan fingerprint density at radius 3 is 2.71 bits per heavy atom. The molecule has 138 valence electrons. The molecule has 1 aromatic carbocycles. The quantitative estimate of drug-likeness (QED) is 0.506. The molecule has 0 unspecified atom stereocenters. The van der Waals surface area contributed by atoms with Crippen LogP contribution in [-0.2, 0) is 6.42 Å². The van der Waals surface area contributed by atoms with Crippen molar-refractivity contribution in [2.75, 3.05) is 5.32 Å². The Morgan fingerprint density at radius 2 is 1.89 bits per heavy atom. The number of amides is 1. The Bertz CT molecular complexity index is 1110. The minimum absolute atomic E-state index is 0.246. The molecule has 4 rings (SSSR count). The first-order chi connectivity index (χ1) is 13.7. The Morgan fingerprint density at radius 1 is 1.07 bits per heavy atom. The summed E-state index contributed by atoms with van der Waals surface area (Å²) in [5.74, 6) is 0.709. The smallest absolute Gasteiger partial charge is 0.257 e. The van der Waals surface area contributed by atoms with Gasteiger partial charge >= 0.3 is 0 Å². The van der Waals surface area contributed by atoms with E-state index in [9.17, 15) is 4.79 Å². The summed E-state index contributed by atoms with van der Waals surface area (Å²) in [6.07, 6.45) is 6.88. The van der Waals surface area contributed by atoms with Gasteiger partial charge in [0.2, 0.25) is 11.7 Å². The molecule has 0 spiro atoms. The SMILES string of the molecule is O=C(Nc1ccccc1Cc1nc(-c2ccncc2)no1)c1cncc(Br)c1. The minimum atomic E-state index is -0.246. The van der Waals surface area contributed by atoms with Crippen LogP contribution in [0.4, 0.5) is 5.69 Å². The highest BCUT2D eigenvalue weighted by molar-refractivity contribution is 9.10. The van der Waals surface area contributed by atoms with Gasteiger partial charge in [0.25, 0.3) is 5.91 Å². The lowest BCUT2D eigenvalue weighted by atomic mass is 10.1. The van der Waals surface area contributed by atoms with Gasteiger partial charge in [-0.1, -0.05) is 23.4 Å². The van der Waals surface area contributed by atoms with E-state index < -0.39 is 0 Å². The standard InChI is InChI=1S/C20H14BrN5O2/c21-16-9-15(11-23-12-16)20(27)24-17-4-2-1-3-14(17)10-18-25-19(26-28-18)13-5-7-22-8-6-13/h1-9,11-12H,10H2,(H,24,27). The van der Waals surface area contributed by atoms with Crippen LogP contribution >= 0.6 is 15.9 Å². The van der Waals surface area contributed by atoms with E-state index in [1.165, 1.54) is 6.20 Å². The van der Waals surface area contributed by atoms with Crippen LogP contribution in [0.5, 0.6) is 0 Å². The summed E-state index contributed by atoms with van der Waals surface area (Å²) in [5.41, 5.74) is 2.83. The van der Waals surface area contributed by atoms with Crippen LogP contribution in [0.25, 0.3) is 11.4 Å². The average molecular weight is 436 g/mol. The van der Waals surface area contributed by atoms with Crippen molar-refractivity contribution in [1.82, 2.24) is 20.1 Å². The Labute approximate surface area is 169 Å². The lowest BCUT2D eigenvalue weighted by Crippen LogP contribution is -2.13. The number of rotatable bonds is 5. The number of hydrogen-bond acceptors (Lipinski definition) is 6. The van der Waals surface area contributed by atoms with Crippen molar-refractivity contribution < 1.29 is 9.32 Å². The summed E-state index contributed by atoms with van der Waals surface area (Å²) in [4.78, 5) is 25.0. The molecule has 0 aliphatic carbocycles. The summed E-state index contributed by atoms with van der Waals surface area (Å²) in [5, 5.41) is 6.93. The van der Waals surface area contributed by atoms with Crippen LogP contribution < -0.4 is 5.32 Å². The van der Waals surface area contributed by atoms with Gasteiger partial charge in [-0.15, -0.1) is 0 Å². The summed E-state index contributed by atoms with van der Waals surface area (Å²) in [6.45, 7) is 0. The van der Waals surface area contributed by atoms with Crippen LogP contribution in [0, 0.1) is 0 Å². The van der Waals surface area contributed by atoms with E-state index in [0.29, 0.717) is 29.4 Å². The van der Waals surface area contributed by atoms with Gasteiger partial charge in [-0.2, -0.15) is 4.98 Å². The van der Waals surface area contributed by atoms with Crippen LogP contribution in [-0.4, -0.2) is 26.0 Å². The maximum absolute atomic E-state index is 12.5. The van der Waals surface area contributed by atoms with E-state index in [4.69, 9.17) is 4.52 Å². The number of anilines is 1. The fourth-order valence-electron chi connectivity index (χ4n) is 2.63. The molecule has 0 fully saturated rings. The Hall–Kier alpha value is -3.39. The number of nitrogens with one attached hydrogen (secondary N) is 1. The van der Waals surface area contributed by atoms with Gasteiger partial charge in [0.15, 0.2) is 0 Å². The van der Waals surface area contributed by atoms with Crippen molar-refractivity contribution in [2.24, 2.45) is 0 Å². The van der Waals surface area contributed by atoms with Crippen molar-refractivity contribution in [2.45, 2.75) is 6.42 Å². The molecule has 4 aromatic rings. The lowest BCUT2D eigenvalue weighted by Gasteiger charge is -2.09. The van der Waals surface area contributed by atoms with E-state index in [-0.39, 0.29) is 5.91 Å². The van der Waals surface area contributed by atoms with Crippen LogP contribution in [0.1, 0.15) is 21.8 Å². The van der Waals surface area contributed by atoms with E-state index in [1.807, 2.05) is 36.4 Å². The Balaban J connectivity index is 1.54. The van der Waals surface area contributed by atoms with Crippen LogP contribution in [0.15, 0.2) is 76.2 Å². The summed E-state index contributed by atoms with van der Waals surface area (Å²) in [6, 6.07) is 12.8. The first-order valence-corrected chi connectivity index (χ1v) is 9.21. The molecule has 0 aliphatic rings. The third kappa shape index (κ3) is 4.12. The number of carbonyl (C=O) groups is 1. The van der Waals surface area contributed by atoms with E-state index in [2.05, 4.69) is 41.4 Å². The van der Waals surface area contributed by atoms with E-state index >= 15 is 0 Å². The predicted molar refractivity (Wildman–Crippen MR) is 107 cm³/mol. The highest BCUT2D eigenvalue weighted by Gasteiger charge is 2.14. The third-order valence-corrected chi connectivity index (χ3v) is 4.41. The summed E-state index contributed by atoms with van der Waals surface area (Å²) >= 11 is 3.32. The third-order valence-electron chi connectivity index (χ3n) is 3.98. The van der Waals surface area contributed by atoms with Gasteiger partial charge in [0, 0.05) is 40.5 Å². The number of nitrogens with zero attached hydrogens (tertiary/aromatic N) is 4. The van der Waals surface area contributed by atoms with Crippen molar-refractivity contribution in [3.8, 4) is 11.4 Å². The first-order valence-electron chi connectivity index (χ1n) is 8.42. The molecule has 0 bridgehead atoms. The molecule has 0 atom stereocenters. The molecular formula is C20H14BrN5O2. The number of hydrogen-bond donors (Lipinski definition) is 1. The zero-order chi connectivity index (χ0) is 19.3. The molecule has 1 amide bonds. The minimum Gasteiger partial charge on any atom is -0.339 e. The molecule has 1 N–H and O–H groups in total. The highest BCUT2D eigenvalue weighted by atomic mass is 79.9. The van der Waals surface area contributed by atoms with E-state index in [1.54, 1.807) is 24.7 Å². The van der Waals surface area contributed by atoms with Gasteiger partial charge in [-0.25, -0.2) is 0 Å². The monoisotopic (exact) mass is 435 g/mol. The number of pyridine rings is 2. The van der Waals surface area contributed by atoms with Crippen molar-refractivity contribution >= 4 is 27.5 Å². The predicted octanol–water partition coefficient (Wildman–Crippen LogP) is 4.13. The van der Waals surface area contributed by atoms with Gasteiger partial charge < -0.3 is 9.84 Å². The topological polar surface area (TPSA) is 93.8 Å². The van der Waals surface area contributed by atoms with Gasteiger partial charge in [0.1, 0.15) is 0 Å².